The minimum Gasteiger partial charge on any atom is -0.497 e. The molecule has 1 unspecified atom stereocenters. The van der Waals surface area contributed by atoms with E-state index in [2.05, 4.69) is 27.3 Å². The molecule has 2 N–H and O–H groups in total. The predicted molar refractivity (Wildman–Crippen MR) is 105 cm³/mol. The Morgan fingerprint density at radius 2 is 1.96 bits per heavy atom. The highest BCUT2D eigenvalue weighted by atomic mass is 32.1. The summed E-state index contributed by atoms with van der Waals surface area (Å²) < 4.78 is 5.73. The lowest BCUT2D eigenvalue weighted by atomic mass is 10.0. The third kappa shape index (κ3) is 4.51. The monoisotopic (exact) mass is 371 g/mol. The van der Waals surface area contributed by atoms with Crippen LogP contribution in [-0.4, -0.2) is 42.5 Å². The molecule has 6 heteroatoms. The van der Waals surface area contributed by atoms with Crippen molar-refractivity contribution in [2.24, 2.45) is 0 Å². The standard InChI is InChI=1S/C20H25N3O2S/c1-25-16-9-7-15(8-10-16)18(23-12-3-2-4-13-23)14-22-19(24)17-6-5-11-21-20(17)26/h5-11,18H,2-4,12-14H2,1H3,(H,21,26)(H,22,24). The molecule has 3 rings (SSSR count). The molecular formula is C20H25N3O2S. The lowest BCUT2D eigenvalue weighted by molar-refractivity contribution is 0.0923. The Hall–Kier alpha value is -2.18. The molecule has 0 bridgehead atoms. The Labute approximate surface area is 159 Å². The summed E-state index contributed by atoms with van der Waals surface area (Å²) in [5.41, 5.74) is 1.70. The molecule has 1 aliphatic heterocycles. The lowest BCUT2D eigenvalue weighted by Gasteiger charge is -2.35. The van der Waals surface area contributed by atoms with Crippen LogP contribution >= 0.6 is 12.2 Å². The number of hydrogen-bond acceptors (Lipinski definition) is 4. The number of ether oxygens (including phenoxy) is 1. The van der Waals surface area contributed by atoms with E-state index in [4.69, 9.17) is 17.0 Å². The highest BCUT2D eigenvalue weighted by molar-refractivity contribution is 7.71. The minimum atomic E-state index is -0.137. The minimum absolute atomic E-state index is 0.137. The van der Waals surface area contributed by atoms with E-state index >= 15 is 0 Å². The lowest BCUT2D eigenvalue weighted by Crippen LogP contribution is -2.40. The maximum absolute atomic E-state index is 12.5. The SMILES string of the molecule is COc1ccc(C(CNC(=O)c2ccc[nH]c2=S)N2CCCCC2)cc1. The zero-order valence-corrected chi connectivity index (χ0v) is 15.8. The Balaban J connectivity index is 1.75. The molecule has 26 heavy (non-hydrogen) atoms. The van der Waals surface area contributed by atoms with Gasteiger partial charge in [0.25, 0.3) is 5.91 Å². The number of hydrogen-bond donors (Lipinski definition) is 2. The number of nitrogens with zero attached hydrogens (tertiary/aromatic N) is 1. The second-order valence-electron chi connectivity index (χ2n) is 6.51. The highest BCUT2D eigenvalue weighted by Gasteiger charge is 2.23. The van der Waals surface area contributed by atoms with Crippen molar-refractivity contribution >= 4 is 18.1 Å². The molecule has 0 radical (unpaired) electrons. The third-order valence-electron chi connectivity index (χ3n) is 4.85. The summed E-state index contributed by atoms with van der Waals surface area (Å²) in [6, 6.07) is 11.8. The molecule has 138 valence electrons. The molecule has 5 nitrogen and oxygen atoms in total. The average Bonchev–Trinajstić information content (AvgIpc) is 2.69. The number of likely N-dealkylation sites (tertiary alicyclic amines) is 1. The average molecular weight is 372 g/mol. The van der Waals surface area contributed by atoms with Crippen LogP contribution in [0.15, 0.2) is 42.6 Å². The first-order chi connectivity index (χ1) is 12.7. The van der Waals surface area contributed by atoms with Crippen molar-refractivity contribution in [1.82, 2.24) is 15.2 Å². The van der Waals surface area contributed by atoms with Crippen molar-refractivity contribution in [1.29, 1.82) is 0 Å². The summed E-state index contributed by atoms with van der Waals surface area (Å²) >= 11 is 5.21. The highest BCUT2D eigenvalue weighted by Crippen LogP contribution is 2.26. The second kappa shape index (κ2) is 8.96. The predicted octanol–water partition coefficient (Wildman–Crippen LogP) is 3.71. The van der Waals surface area contributed by atoms with Gasteiger partial charge in [-0.2, -0.15) is 0 Å². The zero-order chi connectivity index (χ0) is 18.4. The van der Waals surface area contributed by atoms with Gasteiger partial charge in [0.15, 0.2) is 0 Å². The summed E-state index contributed by atoms with van der Waals surface area (Å²) in [4.78, 5) is 17.9. The maximum atomic E-state index is 12.5. The first kappa shape index (κ1) is 18.6. The van der Waals surface area contributed by atoms with Crippen LogP contribution in [0.1, 0.15) is 41.2 Å². The zero-order valence-electron chi connectivity index (χ0n) is 15.0. The smallest absolute Gasteiger partial charge is 0.254 e. The van der Waals surface area contributed by atoms with Gasteiger partial charge in [0.2, 0.25) is 0 Å². The van der Waals surface area contributed by atoms with Crippen LogP contribution in [0.4, 0.5) is 0 Å². The maximum Gasteiger partial charge on any atom is 0.254 e. The van der Waals surface area contributed by atoms with Crippen molar-refractivity contribution in [2.45, 2.75) is 25.3 Å². The van der Waals surface area contributed by atoms with E-state index in [9.17, 15) is 4.79 Å². The van der Waals surface area contributed by atoms with Crippen molar-refractivity contribution < 1.29 is 9.53 Å². The molecule has 1 saturated heterocycles. The van der Waals surface area contributed by atoms with Crippen LogP contribution in [-0.2, 0) is 0 Å². The number of methoxy groups -OCH3 is 1. The Kier molecular flexibility index (Phi) is 6.41. The van der Waals surface area contributed by atoms with E-state index in [0.29, 0.717) is 16.7 Å². The Bertz CT molecular complexity index is 782. The van der Waals surface area contributed by atoms with E-state index < -0.39 is 0 Å². The number of benzene rings is 1. The van der Waals surface area contributed by atoms with E-state index in [0.717, 1.165) is 18.8 Å². The summed E-state index contributed by atoms with van der Waals surface area (Å²) in [6.07, 6.45) is 5.40. The fraction of sp³-hybridized carbons (Fsp3) is 0.400. The van der Waals surface area contributed by atoms with Crippen LogP contribution < -0.4 is 10.1 Å². The Morgan fingerprint density at radius 1 is 1.23 bits per heavy atom. The summed E-state index contributed by atoms with van der Waals surface area (Å²) in [5.74, 6) is 0.702. The molecule has 1 aliphatic rings. The van der Waals surface area contributed by atoms with Gasteiger partial charge < -0.3 is 15.0 Å². The quantitative estimate of drug-likeness (QED) is 0.760. The van der Waals surface area contributed by atoms with Crippen LogP contribution in [0, 0.1) is 4.64 Å². The number of H-pyrrole nitrogens is 1. The van der Waals surface area contributed by atoms with Gasteiger partial charge in [-0.3, -0.25) is 9.69 Å². The van der Waals surface area contributed by atoms with Crippen LogP contribution in [0.3, 0.4) is 0 Å². The molecule has 0 spiro atoms. The van der Waals surface area contributed by atoms with Crippen LogP contribution in [0.25, 0.3) is 0 Å². The first-order valence-corrected chi connectivity index (χ1v) is 9.44. The topological polar surface area (TPSA) is 57.4 Å². The molecule has 2 heterocycles. The number of nitrogens with one attached hydrogen (secondary N) is 2. The van der Waals surface area contributed by atoms with Crippen LogP contribution in [0.2, 0.25) is 0 Å². The number of pyridine rings is 1. The van der Waals surface area contributed by atoms with Gasteiger partial charge in [0, 0.05) is 12.7 Å². The molecule has 1 aromatic heterocycles. The van der Waals surface area contributed by atoms with Gasteiger partial charge >= 0.3 is 0 Å². The van der Waals surface area contributed by atoms with Gasteiger partial charge in [-0.1, -0.05) is 30.8 Å². The number of aromatic nitrogens is 1. The molecule has 0 saturated carbocycles. The summed E-state index contributed by atoms with van der Waals surface area (Å²) in [6.45, 7) is 2.66. The molecule has 1 atom stereocenters. The molecule has 0 aliphatic carbocycles. The largest absolute Gasteiger partial charge is 0.497 e. The Morgan fingerprint density at radius 3 is 2.62 bits per heavy atom. The fourth-order valence-electron chi connectivity index (χ4n) is 3.40. The number of aromatic amines is 1. The summed E-state index contributed by atoms with van der Waals surface area (Å²) in [7, 11) is 1.67. The number of carbonyl (C=O) groups is 1. The third-order valence-corrected chi connectivity index (χ3v) is 5.19. The van der Waals surface area contributed by atoms with E-state index in [1.807, 2.05) is 12.1 Å². The number of piperidine rings is 1. The molecule has 1 fully saturated rings. The van der Waals surface area contributed by atoms with E-state index in [1.54, 1.807) is 25.4 Å². The van der Waals surface area contributed by atoms with Crippen molar-refractivity contribution in [3.05, 3.63) is 58.4 Å². The summed E-state index contributed by atoms with van der Waals surface area (Å²) in [5, 5.41) is 3.07. The molecule has 1 aromatic carbocycles. The first-order valence-electron chi connectivity index (χ1n) is 9.03. The fourth-order valence-corrected chi connectivity index (χ4v) is 3.63. The van der Waals surface area contributed by atoms with Gasteiger partial charge in [-0.25, -0.2) is 0 Å². The van der Waals surface area contributed by atoms with Crippen LogP contribution in [0.5, 0.6) is 5.75 Å². The second-order valence-corrected chi connectivity index (χ2v) is 6.92. The van der Waals surface area contributed by atoms with E-state index in [1.165, 1.54) is 24.8 Å². The molecular weight excluding hydrogens is 346 g/mol. The number of rotatable bonds is 6. The normalized spacial score (nSPS) is 16.0. The van der Waals surface area contributed by atoms with Crippen molar-refractivity contribution in [3.8, 4) is 5.75 Å². The van der Waals surface area contributed by atoms with E-state index in [-0.39, 0.29) is 11.9 Å². The van der Waals surface area contributed by atoms with Gasteiger partial charge in [-0.05, 0) is 55.8 Å². The number of carbonyl (C=O) groups excluding carboxylic acids is 1. The molecule has 2 aromatic rings. The molecule has 1 amide bonds. The van der Waals surface area contributed by atoms with Gasteiger partial charge in [0.05, 0.1) is 18.7 Å². The van der Waals surface area contributed by atoms with Crippen molar-refractivity contribution in [3.63, 3.8) is 0 Å². The van der Waals surface area contributed by atoms with Gasteiger partial charge in [-0.15, -0.1) is 0 Å². The van der Waals surface area contributed by atoms with Crippen molar-refractivity contribution in [2.75, 3.05) is 26.7 Å². The number of amides is 1. The van der Waals surface area contributed by atoms with Gasteiger partial charge in [0.1, 0.15) is 10.4 Å².